The second-order valence-electron chi connectivity index (χ2n) is 9.91. The molecule has 0 spiro atoms. The van der Waals surface area contributed by atoms with Crippen LogP contribution in [0.1, 0.15) is 58.1 Å². The fourth-order valence-electron chi connectivity index (χ4n) is 5.21. The van der Waals surface area contributed by atoms with Gasteiger partial charge in [-0.25, -0.2) is 0 Å². The highest BCUT2D eigenvalue weighted by Gasteiger charge is 2.33. The molecule has 2 saturated heterocycles. The number of benzene rings is 1. The van der Waals surface area contributed by atoms with Gasteiger partial charge in [-0.3, -0.25) is 9.80 Å². The van der Waals surface area contributed by atoms with E-state index in [0.717, 1.165) is 39.0 Å². The van der Waals surface area contributed by atoms with Crippen molar-refractivity contribution in [3.8, 4) is 0 Å². The summed E-state index contributed by atoms with van der Waals surface area (Å²) in [4.78, 5) is 7.93. The molecule has 0 aliphatic carbocycles. The number of aliphatic hydroxyl groups excluding tert-OH is 1. The number of rotatable bonds is 8. The number of likely N-dealkylation sites (tertiary alicyclic amines) is 1. The van der Waals surface area contributed by atoms with Gasteiger partial charge in [0.15, 0.2) is 0 Å². The van der Waals surface area contributed by atoms with Gasteiger partial charge in [-0.15, -0.1) is 0 Å². The Morgan fingerprint density at radius 3 is 2.17 bits per heavy atom. The maximum absolute atomic E-state index is 9.67. The first-order chi connectivity index (χ1) is 14.0. The number of hydrogen-bond acceptors (Lipinski definition) is 4. The molecule has 2 heterocycles. The lowest BCUT2D eigenvalue weighted by Gasteiger charge is -2.48. The molecule has 2 aliphatic heterocycles. The van der Waals surface area contributed by atoms with Crippen molar-refractivity contribution in [1.82, 2.24) is 14.7 Å². The molecule has 1 aromatic rings. The second kappa shape index (κ2) is 10.9. The third kappa shape index (κ3) is 6.52. The Kier molecular flexibility index (Phi) is 8.55. The fraction of sp³-hybridized carbons (Fsp3) is 0.760. The predicted molar refractivity (Wildman–Crippen MR) is 122 cm³/mol. The molecule has 0 amide bonds. The summed E-state index contributed by atoms with van der Waals surface area (Å²) < 4.78 is 0. The van der Waals surface area contributed by atoms with E-state index >= 15 is 0 Å². The van der Waals surface area contributed by atoms with Crippen molar-refractivity contribution in [2.24, 2.45) is 5.92 Å². The van der Waals surface area contributed by atoms with E-state index in [-0.39, 0.29) is 0 Å². The minimum absolute atomic E-state index is 0.295. The fourth-order valence-corrected chi connectivity index (χ4v) is 5.21. The Bertz CT molecular complexity index is 593. The normalized spacial score (nSPS) is 23.3. The predicted octanol–water partition coefficient (Wildman–Crippen LogP) is 3.63. The summed E-state index contributed by atoms with van der Waals surface area (Å²) in [6.07, 6.45) is 4.61. The molecule has 1 atom stereocenters. The van der Waals surface area contributed by atoms with E-state index in [4.69, 9.17) is 0 Å². The Morgan fingerprint density at radius 1 is 0.931 bits per heavy atom. The molecule has 0 unspecified atom stereocenters. The van der Waals surface area contributed by atoms with Crippen molar-refractivity contribution in [1.29, 1.82) is 0 Å². The van der Waals surface area contributed by atoms with Crippen LogP contribution in [0.2, 0.25) is 0 Å². The zero-order valence-corrected chi connectivity index (χ0v) is 19.2. The zero-order valence-electron chi connectivity index (χ0n) is 19.2. The second-order valence-corrected chi connectivity index (χ2v) is 9.91. The molecule has 4 nitrogen and oxygen atoms in total. The van der Waals surface area contributed by atoms with Crippen LogP contribution >= 0.6 is 0 Å². The number of piperidine rings is 1. The van der Waals surface area contributed by atoms with Crippen LogP contribution in [0.3, 0.4) is 0 Å². The van der Waals surface area contributed by atoms with Crippen molar-refractivity contribution in [2.75, 3.05) is 39.3 Å². The molecule has 1 aromatic carbocycles. The number of hydrogen-bond donors (Lipinski definition) is 1. The quantitative estimate of drug-likeness (QED) is 0.720. The molecule has 0 saturated carbocycles. The minimum Gasteiger partial charge on any atom is -0.396 e. The Labute approximate surface area is 178 Å². The van der Waals surface area contributed by atoms with E-state index in [1.54, 1.807) is 0 Å². The lowest BCUT2D eigenvalue weighted by Crippen LogP contribution is -2.58. The van der Waals surface area contributed by atoms with Crippen LogP contribution in [0.4, 0.5) is 0 Å². The number of nitrogens with zero attached hydrogens (tertiary/aromatic N) is 3. The van der Waals surface area contributed by atoms with Crippen LogP contribution < -0.4 is 0 Å². The average molecular weight is 402 g/mol. The van der Waals surface area contributed by atoms with Crippen molar-refractivity contribution in [2.45, 2.75) is 78.0 Å². The highest BCUT2D eigenvalue weighted by Crippen LogP contribution is 2.25. The van der Waals surface area contributed by atoms with Gasteiger partial charge >= 0.3 is 0 Å². The van der Waals surface area contributed by atoms with Crippen LogP contribution in [-0.4, -0.2) is 77.3 Å². The first-order valence-corrected chi connectivity index (χ1v) is 11.9. The lowest BCUT2D eigenvalue weighted by molar-refractivity contribution is -0.0000306. The van der Waals surface area contributed by atoms with Crippen molar-refractivity contribution >= 4 is 0 Å². The number of aliphatic hydroxyl groups is 1. The average Bonchev–Trinajstić information content (AvgIpc) is 2.70. The SMILES string of the molecule is CC(C)Cc1ccc(CN2CCN(C3CCN(C(C)C)CC3)[C@H](CCO)C2)cc1. The van der Waals surface area contributed by atoms with E-state index in [2.05, 4.69) is 66.7 Å². The summed E-state index contributed by atoms with van der Waals surface area (Å²) in [5, 5.41) is 9.67. The highest BCUT2D eigenvalue weighted by atomic mass is 16.3. The number of piperazine rings is 1. The van der Waals surface area contributed by atoms with Gasteiger partial charge in [-0.1, -0.05) is 38.1 Å². The van der Waals surface area contributed by atoms with Gasteiger partial charge in [0.05, 0.1) is 0 Å². The van der Waals surface area contributed by atoms with Crippen molar-refractivity contribution in [3.63, 3.8) is 0 Å². The molecular weight excluding hydrogens is 358 g/mol. The van der Waals surface area contributed by atoms with Gasteiger partial charge in [0.2, 0.25) is 0 Å². The molecule has 164 valence electrons. The standard InChI is InChI=1S/C25H43N3O/c1-20(2)17-22-5-7-23(8-6-22)18-26-14-15-28(25(19-26)11-16-29)24-9-12-27(13-10-24)21(3)4/h5-8,20-21,24-25,29H,9-19H2,1-4H3/t25-/m1/s1. The zero-order chi connectivity index (χ0) is 20.8. The lowest BCUT2D eigenvalue weighted by atomic mass is 9.97. The molecule has 0 aromatic heterocycles. The molecular formula is C25H43N3O. The van der Waals surface area contributed by atoms with Crippen LogP contribution in [0.5, 0.6) is 0 Å². The van der Waals surface area contributed by atoms with Crippen molar-refractivity contribution < 1.29 is 5.11 Å². The monoisotopic (exact) mass is 401 g/mol. The van der Waals surface area contributed by atoms with E-state index < -0.39 is 0 Å². The van der Waals surface area contributed by atoms with Crippen molar-refractivity contribution in [3.05, 3.63) is 35.4 Å². The molecule has 3 rings (SSSR count). The Hall–Kier alpha value is -0.940. The third-order valence-corrected chi connectivity index (χ3v) is 6.85. The van der Waals surface area contributed by atoms with Gasteiger partial charge in [-0.05, 0) is 69.7 Å². The van der Waals surface area contributed by atoms with E-state index in [1.807, 2.05) is 0 Å². The Balaban J connectivity index is 1.54. The minimum atomic E-state index is 0.295. The van der Waals surface area contributed by atoms with Gasteiger partial charge in [0, 0.05) is 50.9 Å². The molecule has 4 heteroatoms. The summed E-state index contributed by atoms with van der Waals surface area (Å²) in [7, 11) is 0. The Morgan fingerprint density at radius 2 is 1.59 bits per heavy atom. The van der Waals surface area contributed by atoms with Crippen LogP contribution in [0.25, 0.3) is 0 Å². The van der Waals surface area contributed by atoms with Gasteiger partial charge in [0.25, 0.3) is 0 Å². The summed E-state index contributed by atoms with van der Waals surface area (Å²) in [5.74, 6) is 0.709. The van der Waals surface area contributed by atoms with E-state index in [1.165, 1.54) is 37.1 Å². The molecule has 1 N–H and O–H groups in total. The highest BCUT2D eigenvalue weighted by molar-refractivity contribution is 5.23. The molecule has 2 aliphatic rings. The molecule has 0 radical (unpaired) electrons. The van der Waals surface area contributed by atoms with Gasteiger partial charge in [-0.2, -0.15) is 0 Å². The third-order valence-electron chi connectivity index (χ3n) is 6.85. The largest absolute Gasteiger partial charge is 0.396 e. The van der Waals surface area contributed by atoms with E-state index in [0.29, 0.717) is 30.7 Å². The van der Waals surface area contributed by atoms with E-state index in [9.17, 15) is 5.11 Å². The first kappa shape index (κ1) is 22.7. The topological polar surface area (TPSA) is 30.0 Å². The van der Waals surface area contributed by atoms with Crippen LogP contribution in [0, 0.1) is 5.92 Å². The molecule has 2 fully saturated rings. The molecule has 29 heavy (non-hydrogen) atoms. The van der Waals surface area contributed by atoms with Gasteiger partial charge in [0.1, 0.15) is 0 Å². The van der Waals surface area contributed by atoms with Crippen LogP contribution in [0.15, 0.2) is 24.3 Å². The van der Waals surface area contributed by atoms with Gasteiger partial charge < -0.3 is 10.0 Å². The summed E-state index contributed by atoms with van der Waals surface area (Å²) >= 11 is 0. The molecule has 0 bridgehead atoms. The maximum atomic E-state index is 9.67. The van der Waals surface area contributed by atoms with Crippen LogP contribution in [-0.2, 0) is 13.0 Å². The first-order valence-electron chi connectivity index (χ1n) is 11.9. The summed E-state index contributed by atoms with van der Waals surface area (Å²) in [5.41, 5.74) is 2.86. The smallest absolute Gasteiger partial charge is 0.0446 e. The summed E-state index contributed by atoms with van der Waals surface area (Å²) in [6.45, 7) is 16.3. The maximum Gasteiger partial charge on any atom is 0.0446 e. The summed E-state index contributed by atoms with van der Waals surface area (Å²) in [6, 6.07) is 11.1.